The molecule has 3 aliphatic carbocycles. The monoisotopic (exact) mass is 482 g/mol. The Balaban J connectivity index is 2.00. The van der Waals surface area contributed by atoms with Gasteiger partial charge < -0.3 is 10.2 Å². The molecule has 0 aromatic heterocycles. The van der Waals surface area contributed by atoms with E-state index in [0.717, 1.165) is 43.3 Å². The Bertz CT molecular complexity index is 968. The van der Waals surface area contributed by atoms with Crippen molar-refractivity contribution in [3.05, 3.63) is 47.6 Å². The first-order chi connectivity index (χ1) is 16.2. The second kappa shape index (κ2) is 9.75. The number of allylic oxidation sites excluding steroid dienone is 6. The van der Waals surface area contributed by atoms with Crippen LogP contribution in [0.25, 0.3) is 0 Å². The number of hydrogen-bond acceptors (Lipinski definition) is 2. The van der Waals surface area contributed by atoms with E-state index in [1.807, 2.05) is 0 Å². The van der Waals surface area contributed by atoms with Crippen molar-refractivity contribution in [1.29, 1.82) is 0 Å². The molecule has 0 unspecified atom stereocenters. The topological polar surface area (TPSA) is 74.6 Å². The van der Waals surface area contributed by atoms with Crippen LogP contribution >= 0.6 is 0 Å². The van der Waals surface area contributed by atoms with E-state index in [2.05, 4.69) is 66.9 Å². The molecule has 0 amide bonds. The van der Waals surface area contributed by atoms with Crippen LogP contribution in [0.15, 0.2) is 47.6 Å². The van der Waals surface area contributed by atoms with Crippen molar-refractivity contribution in [2.45, 2.75) is 92.9 Å². The van der Waals surface area contributed by atoms with Gasteiger partial charge in [-0.1, -0.05) is 71.1 Å². The number of hydrogen-bond donors (Lipinski definition) is 2. The molecule has 0 aromatic carbocycles. The van der Waals surface area contributed by atoms with Crippen molar-refractivity contribution < 1.29 is 19.8 Å². The van der Waals surface area contributed by atoms with Gasteiger partial charge >= 0.3 is 11.9 Å². The van der Waals surface area contributed by atoms with Crippen LogP contribution in [-0.4, -0.2) is 22.2 Å². The largest absolute Gasteiger partial charge is 0.481 e. The highest BCUT2D eigenvalue weighted by atomic mass is 16.4. The van der Waals surface area contributed by atoms with Gasteiger partial charge in [0.15, 0.2) is 0 Å². The predicted molar refractivity (Wildman–Crippen MR) is 142 cm³/mol. The molecule has 4 heteroatoms. The number of aliphatic carboxylic acids is 2. The molecule has 2 N–H and O–H groups in total. The minimum atomic E-state index is -0.761. The van der Waals surface area contributed by atoms with Gasteiger partial charge in [-0.3, -0.25) is 9.59 Å². The maximum Gasteiger partial charge on any atom is 0.306 e. The van der Waals surface area contributed by atoms with E-state index in [4.69, 9.17) is 0 Å². The summed E-state index contributed by atoms with van der Waals surface area (Å²) in [7, 11) is 0. The fourth-order valence-corrected chi connectivity index (χ4v) is 7.75. The zero-order valence-electron chi connectivity index (χ0n) is 22.7. The molecule has 35 heavy (non-hydrogen) atoms. The van der Waals surface area contributed by atoms with Crippen LogP contribution in [0.5, 0.6) is 0 Å². The van der Waals surface area contributed by atoms with Gasteiger partial charge in [-0.2, -0.15) is 0 Å². The molecule has 0 saturated heterocycles. The summed E-state index contributed by atoms with van der Waals surface area (Å²) in [6.45, 7) is 21.6. The summed E-state index contributed by atoms with van der Waals surface area (Å²) in [4.78, 5) is 24.1. The van der Waals surface area contributed by atoms with E-state index in [-0.39, 0.29) is 40.4 Å². The first kappa shape index (κ1) is 27.5. The highest BCUT2D eigenvalue weighted by Gasteiger charge is 2.62. The number of fused-ring (bicyclic) bond motifs is 3. The second-order valence-corrected chi connectivity index (χ2v) is 12.6. The molecule has 3 aliphatic rings. The van der Waals surface area contributed by atoms with Crippen LogP contribution in [0, 0.1) is 39.9 Å². The zero-order chi connectivity index (χ0) is 26.3. The number of rotatable bonds is 10. The third-order valence-electron chi connectivity index (χ3n) is 10.4. The van der Waals surface area contributed by atoms with Crippen molar-refractivity contribution in [2.24, 2.45) is 39.9 Å². The smallest absolute Gasteiger partial charge is 0.306 e. The lowest BCUT2D eigenvalue weighted by molar-refractivity contribution is -0.146. The third-order valence-corrected chi connectivity index (χ3v) is 10.4. The summed E-state index contributed by atoms with van der Waals surface area (Å²) >= 11 is 0. The lowest BCUT2D eigenvalue weighted by atomic mass is 9.48. The molecule has 194 valence electrons. The van der Waals surface area contributed by atoms with Crippen LogP contribution in [0.2, 0.25) is 0 Å². The van der Waals surface area contributed by atoms with Gasteiger partial charge in [0.2, 0.25) is 0 Å². The van der Waals surface area contributed by atoms with Crippen molar-refractivity contribution in [1.82, 2.24) is 0 Å². The van der Waals surface area contributed by atoms with E-state index >= 15 is 0 Å². The summed E-state index contributed by atoms with van der Waals surface area (Å²) in [5, 5.41) is 19.8. The van der Waals surface area contributed by atoms with Gasteiger partial charge in [0.05, 0.1) is 5.92 Å². The Hall–Kier alpha value is -2.10. The third kappa shape index (κ3) is 4.58. The Morgan fingerprint density at radius 2 is 1.74 bits per heavy atom. The van der Waals surface area contributed by atoms with Crippen LogP contribution < -0.4 is 0 Å². The molecule has 3 rings (SSSR count). The molecule has 4 nitrogen and oxygen atoms in total. The first-order valence-electron chi connectivity index (χ1n) is 13.4. The fourth-order valence-electron chi connectivity index (χ4n) is 7.75. The van der Waals surface area contributed by atoms with Gasteiger partial charge in [-0.05, 0) is 97.0 Å². The summed E-state index contributed by atoms with van der Waals surface area (Å²) in [6.07, 6.45) is 10.4. The van der Waals surface area contributed by atoms with Gasteiger partial charge in [-0.15, -0.1) is 0 Å². The number of carbonyl (C=O) groups is 2. The summed E-state index contributed by atoms with van der Waals surface area (Å²) in [5.41, 5.74) is 4.34. The molecule has 0 bridgehead atoms. The Kier molecular flexibility index (Phi) is 7.65. The van der Waals surface area contributed by atoms with Gasteiger partial charge in [0.25, 0.3) is 0 Å². The predicted octanol–water partition coefficient (Wildman–Crippen LogP) is 7.83. The molecule has 0 aliphatic heterocycles. The molecule has 6 atom stereocenters. The van der Waals surface area contributed by atoms with E-state index in [0.29, 0.717) is 18.8 Å². The lowest BCUT2D eigenvalue weighted by Gasteiger charge is -2.56. The van der Waals surface area contributed by atoms with Crippen LogP contribution in [0.4, 0.5) is 0 Å². The van der Waals surface area contributed by atoms with Gasteiger partial charge in [0.1, 0.15) is 0 Å². The molecule has 0 aromatic rings. The minimum absolute atomic E-state index is 0.104. The van der Waals surface area contributed by atoms with Crippen molar-refractivity contribution in [3.8, 4) is 0 Å². The SMILES string of the molecule is C=C(CC[C@@H](C(=O)O)[C@H]1CC[C@@]2(C)C3=CC[C@H](C(=C)C)[C@](C)(CCC(=O)O)C3=CC[C@]12C)C(C)C. The molecule has 1 fully saturated rings. The average molecular weight is 483 g/mol. The average Bonchev–Trinajstić information content (AvgIpc) is 3.03. The maximum atomic E-state index is 12.5. The van der Waals surface area contributed by atoms with Crippen molar-refractivity contribution in [3.63, 3.8) is 0 Å². The van der Waals surface area contributed by atoms with Gasteiger partial charge in [0, 0.05) is 6.42 Å². The van der Waals surface area contributed by atoms with E-state index in [9.17, 15) is 19.8 Å². The van der Waals surface area contributed by atoms with Crippen LogP contribution in [-0.2, 0) is 9.59 Å². The van der Waals surface area contributed by atoms with Crippen LogP contribution in [0.3, 0.4) is 0 Å². The second-order valence-electron chi connectivity index (χ2n) is 12.6. The lowest BCUT2D eigenvalue weighted by Crippen LogP contribution is -2.48. The summed E-state index contributed by atoms with van der Waals surface area (Å²) in [5.74, 6) is -1.13. The highest BCUT2D eigenvalue weighted by molar-refractivity contribution is 5.71. The zero-order valence-corrected chi connectivity index (χ0v) is 22.7. The van der Waals surface area contributed by atoms with Crippen molar-refractivity contribution >= 4 is 11.9 Å². The number of carboxylic acids is 2. The normalized spacial score (nSPS) is 34.9. The molecule has 1 saturated carbocycles. The van der Waals surface area contributed by atoms with E-state index < -0.39 is 11.9 Å². The maximum absolute atomic E-state index is 12.5. The first-order valence-corrected chi connectivity index (χ1v) is 13.4. The Morgan fingerprint density at radius 1 is 1.09 bits per heavy atom. The number of carboxylic acid groups (broad SMARTS) is 2. The van der Waals surface area contributed by atoms with Crippen molar-refractivity contribution in [2.75, 3.05) is 0 Å². The molecule has 0 spiro atoms. The van der Waals surface area contributed by atoms with E-state index in [1.165, 1.54) is 11.1 Å². The summed E-state index contributed by atoms with van der Waals surface area (Å²) < 4.78 is 0. The van der Waals surface area contributed by atoms with Gasteiger partial charge in [-0.25, -0.2) is 0 Å². The van der Waals surface area contributed by atoms with E-state index in [1.54, 1.807) is 0 Å². The summed E-state index contributed by atoms with van der Waals surface area (Å²) in [6, 6.07) is 0. The standard InChI is InChI=1S/C31H46O4/c1-19(2)21(5)9-10-22(28(34)35)24-13-17-31(8)26-12-11-23(20(3)4)29(6,16-15-27(32)33)25(26)14-18-30(24,31)7/h12,14,19,22-24H,3,5,9-11,13,15-18H2,1-2,4,6-8H3,(H,32,33)(H,34,35)/t22-,23-,24-,29+,30-,31+/m1/s1. The Morgan fingerprint density at radius 3 is 2.29 bits per heavy atom. The molecule has 0 heterocycles. The van der Waals surface area contributed by atoms with Crippen LogP contribution in [0.1, 0.15) is 92.9 Å². The Labute approximate surface area is 212 Å². The molecular weight excluding hydrogens is 436 g/mol. The quantitative estimate of drug-likeness (QED) is 0.311. The highest BCUT2D eigenvalue weighted by Crippen LogP contribution is 2.70. The minimum Gasteiger partial charge on any atom is -0.481 e. The molecular formula is C31H46O4. The fraction of sp³-hybridized carbons (Fsp3) is 0.677. The molecule has 0 radical (unpaired) electrons.